The van der Waals surface area contributed by atoms with Gasteiger partial charge in [0.1, 0.15) is 0 Å². The molecule has 2 aromatic rings. The van der Waals surface area contributed by atoms with E-state index in [1.54, 1.807) is 17.4 Å². The number of hydrogen-bond donors (Lipinski definition) is 1. The normalized spacial score (nSPS) is 12.7. The molecule has 1 aromatic carbocycles. The summed E-state index contributed by atoms with van der Waals surface area (Å²) in [5, 5.41) is 4.65. The van der Waals surface area contributed by atoms with E-state index in [-0.39, 0.29) is 6.04 Å². The van der Waals surface area contributed by atoms with Crippen LogP contribution in [0.3, 0.4) is 0 Å². The maximum Gasteiger partial charge on any atom is 0.0702 e. The van der Waals surface area contributed by atoms with Gasteiger partial charge in [0.2, 0.25) is 0 Å². The molecular weight excluding hydrogens is 353 g/mol. The molecule has 0 radical (unpaired) electrons. The summed E-state index contributed by atoms with van der Waals surface area (Å²) >= 11 is 17.6. The number of thiophene rings is 1. The van der Waals surface area contributed by atoms with Crippen molar-refractivity contribution in [3.05, 3.63) is 54.6 Å². The smallest absolute Gasteiger partial charge is 0.0702 e. The average Bonchev–Trinajstić information content (AvgIpc) is 2.77. The highest BCUT2D eigenvalue weighted by Gasteiger charge is 2.18. The lowest BCUT2D eigenvalue weighted by molar-refractivity contribution is 0.640. The summed E-state index contributed by atoms with van der Waals surface area (Å²) in [6.07, 6.45) is 0. The molecule has 0 bridgehead atoms. The van der Waals surface area contributed by atoms with Crippen molar-refractivity contribution in [1.82, 2.24) is 5.32 Å². The standard InChI is InChI=1S/C13H12BrCl2NS/c1-2-17-13(10-6-7-11(14)18-10)8-4-3-5-9(15)12(8)16/h3-7,13,17H,2H2,1H3. The second kappa shape index (κ2) is 6.40. The Kier molecular flexibility index (Phi) is 5.10. The van der Waals surface area contributed by atoms with Gasteiger partial charge in [-0.2, -0.15) is 0 Å². The Bertz CT molecular complexity index is 542. The largest absolute Gasteiger partial charge is 0.306 e. The molecule has 1 aromatic heterocycles. The van der Waals surface area contributed by atoms with Gasteiger partial charge in [0.05, 0.1) is 19.9 Å². The highest BCUT2D eigenvalue weighted by Crippen LogP contribution is 2.36. The molecule has 0 amide bonds. The number of nitrogens with one attached hydrogen (secondary N) is 1. The van der Waals surface area contributed by atoms with Gasteiger partial charge in [-0.3, -0.25) is 0 Å². The fourth-order valence-corrected chi connectivity index (χ4v) is 3.73. The minimum Gasteiger partial charge on any atom is -0.306 e. The van der Waals surface area contributed by atoms with Crippen LogP contribution in [0.25, 0.3) is 0 Å². The van der Waals surface area contributed by atoms with Crippen LogP contribution in [0.2, 0.25) is 10.0 Å². The second-order valence-electron chi connectivity index (χ2n) is 3.78. The highest BCUT2D eigenvalue weighted by atomic mass is 79.9. The SMILES string of the molecule is CCNC(c1ccc(Br)s1)c1cccc(Cl)c1Cl. The van der Waals surface area contributed by atoms with Crippen LogP contribution in [0.15, 0.2) is 34.1 Å². The van der Waals surface area contributed by atoms with Crippen LogP contribution in [0.5, 0.6) is 0 Å². The highest BCUT2D eigenvalue weighted by molar-refractivity contribution is 9.11. The van der Waals surface area contributed by atoms with Crippen LogP contribution < -0.4 is 5.32 Å². The molecule has 1 atom stereocenters. The van der Waals surface area contributed by atoms with Gasteiger partial charge in [-0.25, -0.2) is 0 Å². The number of benzene rings is 1. The first-order valence-electron chi connectivity index (χ1n) is 5.56. The zero-order valence-corrected chi connectivity index (χ0v) is 13.6. The predicted octanol–water partition coefficient (Wildman–Crippen LogP) is 5.52. The molecule has 0 aliphatic heterocycles. The average molecular weight is 365 g/mol. The van der Waals surface area contributed by atoms with Crippen molar-refractivity contribution in [3.63, 3.8) is 0 Å². The molecule has 1 nitrogen and oxygen atoms in total. The summed E-state index contributed by atoms with van der Waals surface area (Å²) in [7, 11) is 0. The molecule has 0 aliphatic rings. The van der Waals surface area contributed by atoms with Gasteiger partial charge >= 0.3 is 0 Å². The summed E-state index contributed by atoms with van der Waals surface area (Å²) in [6.45, 7) is 2.94. The van der Waals surface area contributed by atoms with Crippen LogP contribution in [0.4, 0.5) is 0 Å². The molecular formula is C13H12BrCl2NS. The summed E-state index contributed by atoms with van der Waals surface area (Å²) in [6, 6.07) is 9.96. The molecule has 0 spiro atoms. The van der Waals surface area contributed by atoms with E-state index in [0.717, 1.165) is 15.9 Å². The third kappa shape index (κ3) is 3.09. The second-order valence-corrected chi connectivity index (χ2v) is 7.06. The zero-order valence-electron chi connectivity index (χ0n) is 9.71. The van der Waals surface area contributed by atoms with E-state index in [4.69, 9.17) is 23.2 Å². The lowest BCUT2D eigenvalue weighted by atomic mass is 10.1. The Morgan fingerprint density at radius 2 is 2.06 bits per heavy atom. The lowest BCUT2D eigenvalue weighted by Crippen LogP contribution is -2.21. The Morgan fingerprint density at radius 1 is 1.28 bits per heavy atom. The van der Waals surface area contributed by atoms with Crippen molar-refractivity contribution in [2.24, 2.45) is 0 Å². The van der Waals surface area contributed by atoms with E-state index in [2.05, 4.69) is 34.2 Å². The molecule has 2 rings (SSSR count). The van der Waals surface area contributed by atoms with Crippen LogP contribution in [0.1, 0.15) is 23.4 Å². The van der Waals surface area contributed by atoms with Crippen molar-refractivity contribution in [2.45, 2.75) is 13.0 Å². The fourth-order valence-electron chi connectivity index (χ4n) is 1.79. The van der Waals surface area contributed by atoms with Gasteiger partial charge in [0, 0.05) is 4.88 Å². The van der Waals surface area contributed by atoms with E-state index < -0.39 is 0 Å². The molecule has 1 unspecified atom stereocenters. The number of rotatable bonds is 4. The quantitative estimate of drug-likeness (QED) is 0.753. The number of halogens is 3. The number of hydrogen-bond acceptors (Lipinski definition) is 2. The molecule has 1 N–H and O–H groups in total. The third-order valence-electron chi connectivity index (χ3n) is 2.58. The van der Waals surface area contributed by atoms with Gasteiger partial charge in [-0.05, 0) is 46.2 Å². The van der Waals surface area contributed by atoms with Crippen LogP contribution in [0, 0.1) is 0 Å². The first-order valence-corrected chi connectivity index (χ1v) is 7.92. The van der Waals surface area contributed by atoms with Crippen molar-refractivity contribution < 1.29 is 0 Å². The Morgan fingerprint density at radius 3 is 2.67 bits per heavy atom. The molecule has 96 valence electrons. The van der Waals surface area contributed by atoms with Crippen molar-refractivity contribution in [3.8, 4) is 0 Å². The topological polar surface area (TPSA) is 12.0 Å². The van der Waals surface area contributed by atoms with Gasteiger partial charge in [-0.1, -0.05) is 42.3 Å². The van der Waals surface area contributed by atoms with Gasteiger partial charge in [0.25, 0.3) is 0 Å². The zero-order chi connectivity index (χ0) is 13.1. The van der Waals surface area contributed by atoms with E-state index in [9.17, 15) is 0 Å². The summed E-state index contributed by atoms with van der Waals surface area (Å²) in [5.74, 6) is 0. The van der Waals surface area contributed by atoms with Crippen molar-refractivity contribution in [1.29, 1.82) is 0 Å². The monoisotopic (exact) mass is 363 g/mol. The van der Waals surface area contributed by atoms with E-state index in [1.165, 1.54) is 4.88 Å². The molecule has 0 aliphatic carbocycles. The molecule has 5 heteroatoms. The molecule has 0 saturated heterocycles. The van der Waals surface area contributed by atoms with Crippen molar-refractivity contribution in [2.75, 3.05) is 6.54 Å². The fraction of sp³-hybridized carbons (Fsp3) is 0.231. The Hall–Kier alpha value is -0.0600. The predicted molar refractivity (Wildman–Crippen MR) is 84.0 cm³/mol. The maximum absolute atomic E-state index is 6.30. The molecule has 0 saturated carbocycles. The Labute approximate surface area is 129 Å². The van der Waals surface area contributed by atoms with E-state index in [0.29, 0.717) is 10.0 Å². The van der Waals surface area contributed by atoms with Crippen LogP contribution >= 0.6 is 50.5 Å². The van der Waals surface area contributed by atoms with Crippen LogP contribution in [-0.4, -0.2) is 6.54 Å². The summed E-state index contributed by atoms with van der Waals surface area (Å²) < 4.78 is 1.11. The minimum atomic E-state index is 0.0810. The third-order valence-corrected chi connectivity index (χ3v) is 5.10. The summed E-state index contributed by atoms with van der Waals surface area (Å²) in [5.41, 5.74) is 1.01. The van der Waals surface area contributed by atoms with Gasteiger partial charge in [-0.15, -0.1) is 11.3 Å². The van der Waals surface area contributed by atoms with E-state index >= 15 is 0 Å². The van der Waals surface area contributed by atoms with Gasteiger partial charge in [0.15, 0.2) is 0 Å². The minimum absolute atomic E-state index is 0.0810. The first kappa shape index (κ1) is 14.4. The molecule has 0 fully saturated rings. The Balaban J connectivity index is 2.44. The van der Waals surface area contributed by atoms with Gasteiger partial charge < -0.3 is 5.32 Å². The molecule has 18 heavy (non-hydrogen) atoms. The first-order chi connectivity index (χ1) is 8.63. The van der Waals surface area contributed by atoms with E-state index in [1.807, 2.05) is 18.2 Å². The maximum atomic E-state index is 6.30. The molecule has 1 heterocycles. The van der Waals surface area contributed by atoms with Crippen LogP contribution in [-0.2, 0) is 0 Å². The van der Waals surface area contributed by atoms with Crippen molar-refractivity contribution >= 4 is 50.5 Å². The summed E-state index contributed by atoms with van der Waals surface area (Å²) in [4.78, 5) is 1.22. The lowest BCUT2D eigenvalue weighted by Gasteiger charge is -2.18.